The Kier molecular flexibility index (Phi) is 20.4. The number of nitrogens with one attached hydrogen (secondary N) is 1. The second-order valence-corrected chi connectivity index (χ2v) is 7.98. The Morgan fingerprint density at radius 3 is 1.92 bits per heavy atom. The number of aliphatic imine (C=N–C) groups is 1. The van der Waals surface area contributed by atoms with Crippen LogP contribution in [0, 0.1) is 0 Å². The average molecular weight is 386 g/mol. The summed E-state index contributed by atoms with van der Waals surface area (Å²) in [6, 6.07) is 0. The van der Waals surface area contributed by atoms with Gasteiger partial charge in [-0.1, -0.05) is 47.3 Å². The normalized spacial score (nSPS) is 18.5. The van der Waals surface area contributed by atoms with Gasteiger partial charge in [-0.3, -0.25) is 0 Å². The van der Waals surface area contributed by atoms with Crippen molar-refractivity contribution in [1.29, 1.82) is 0 Å². The summed E-state index contributed by atoms with van der Waals surface area (Å²) in [6.07, 6.45) is 5.02. The van der Waals surface area contributed by atoms with Crippen molar-refractivity contribution in [3.8, 4) is 0 Å². The fourth-order valence-corrected chi connectivity index (χ4v) is 3.53. The first-order chi connectivity index (χ1) is 12.2. The van der Waals surface area contributed by atoms with Crippen molar-refractivity contribution in [2.75, 3.05) is 20.6 Å². The van der Waals surface area contributed by atoms with Crippen LogP contribution in [0.4, 0.5) is 0 Å². The van der Waals surface area contributed by atoms with Crippen molar-refractivity contribution in [2.24, 2.45) is 4.99 Å². The molecule has 0 spiro atoms. The van der Waals surface area contributed by atoms with Crippen molar-refractivity contribution in [2.45, 2.75) is 91.7 Å². The van der Waals surface area contributed by atoms with Gasteiger partial charge in [0.1, 0.15) is 5.84 Å². The summed E-state index contributed by atoms with van der Waals surface area (Å²) < 4.78 is 0. The molecule has 0 saturated carbocycles. The summed E-state index contributed by atoms with van der Waals surface area (Å²) in [6.45, 7) is 26.2. The Morgan fingerprint density at radius 2 is 1.65 bits per heavy atom. The molecule has 1 saturated heterocycles. The van der Waals surface area contributed by atoms with E-state index in [4.69, 9.17) is 0 Å². The minimum absolute atomic E-state index is 0.122. The molecule has 1 fully saturated rings. The van der Waals surface area contributed by atoms with Gasteiger partial charge in [-0.15, -0.1) is 0 Å². The number of rotatable bonds is 6. The lowest BCUT2D eigenvalue weighted by Crippen LogP contribution is -2.48. The second-order valence-electron chi connectivity index (χ2n) is 6.36. The van der Waals surface area contributed by atoms with Crippen LogP contribution in [0.2, 0.25) is 0 Å². The summed E-state index contributed by atoms with van der Waals surface area (Å²) in [4.78, 5) is 6.97. The highest BCUT2D eigenvalue weighted by atomic mass is 32.2. The van der Waals surface area contributed by atoms with Crippen LogP contribution in [0.25, 0.3) is 0 Å². The molecular formula is C22H47N3S. The Morgan fingerprint density at radius 1 is 1.23 bits per heavy atom. The van der Waals surface area contributed by atoms with Gasteiger partial charge in [0.2, 0.25) is 0 Å². The van der Waals surface area contributed by atoms with Gasteiger partial charge in [0.05, 0.1) is 0 Å². The van der Waals surface area contributed by atoms with Crippen molar-refractivity contribution in [3.05, 3.63) is 24.4 Å². The molecule has 1 rings (SSSR count). The fraction of sp³-hybridized carbons (Fsp3) is 0.773. The van der Waals surface area contributed by atoms with E-state index in [-0.39, 0.29) is 5.54 Å². The Balaban J connectivity index is -0.000000663. The molecule has 0 amide bonds. The smallest absolute Gasteiger partial charge is 0.131 e. The summed E-state index contributed by atoms with van der Waals surface area (Å²) in [5, 5.41) is 4.37. The van der Waals surface area contributed by atoms with Gasteiger partial charge in [-0.05, 0) is 60.7 Å². The lowest BCUT2D eigenvalue weighted by atomic mass is 9.94. The summed E-state index contributed by atoms with van der Waals surface area (Å²) in [5.74, 6) is 1.02. The van der Waals surface area contributed by atoms with Crippen LogP contribution in [0.1, 0.15) is 75.7 Å². The topological polar surface area (TPSA) is 27.6 Å². The zero-order valence-corrected chi connectivity index (χ0v) is 20.5. The van der Waals surface area contributed by atoms with E-state index < -0.39 is 0 Å². The van der Waals surface area contributed by atoms with E-state index in [2.05, 4.69) is 61.2 Å². The van der Waals surface area contributed by atoms with Gasteiger partial charge in [-0.25, -0.2) is 4.99 Å². The molecule has 0 radical (unpaired) electrons. The number of nitrogens with zero attached hydrogens (tertiary/aromatic N) is 2. The lowest BCUT2D eigenvalue weighted by molar-refractivity contribution is 0.211. The number of hydrogen-bond acceptors (Lipinski definition) is 3. The summed E-state index contributed by atoms with van der Waals surface area (Å²) in [5.41, 5.74) is 1.15. The molecule has 156 valence electrons. The Bertz CT molecular complexity index is 400. The minimum Gasteiger partial charge on any atom is -0.352 e. The van der Waals surface area contributed by atoms with E-state index in [1.54, 1.807) is 0 Å². The molecule has 0 aliphatic carbocycles. The van der Waals surface area contributed by atoms with E-state index in [1.807, 2.05) is 67.9 Å². The first-order valence-electron chi connectivity index (χ1n) is 10.1. The van der Waals surface area contributed by atoms with E-state index in [0.29, 0.717) is 0 Å². The molecule has 4 heteroatoms. The van der Waals surface area contributed by atoms with Gasteiger partial charge < -0.3 is 10.2 Å². The van der Waals surface area contributed by atoms with Crippen LogP contribution in [-0.2, 0) is 0 Å². The highest BCUT2D eigenvalue weighted by Gasteiger charge is 2.41. The van der Waals surface area contributed by atoms with Crippen molar-refractivity contribution in [1.82, 2.24) is 10.2 Å². The van der Waals surface area contributed by atoms with Gasteiger partial charge >= 0.3 is 0 Å². The fourth-order valence-electron chi connectivity index (χ4n) is 2.47. The summed E-state index contributed by atoms with van der Waals surface area (Å²) in [7, 11) is 3.75. The highest BCUT2D eigenvalue weighted by Crippen LogP contribution is 2.46. The number of thioether (sulfide) groups is 1. The van der Waals surface area contributed by atoms with Gasteiger partial charge in [0.15, 0.2) is 0 Å². The quantitative estimate of drug-likeness (QED) is 0.327. The predicted octanol–water partition coefficient (Wildman–Crippen LogP) is 6.38. The molecule has 0 aromatic heterocycles. The SMILES string of the molecule is C=C(C)C(=N/C=C\C)N(CC)C(C)(C)CC1S[C@H]1C.CC.CC.CNC. The van der Waals surface area contributed by atoms with Crippen molar-refractivity contribution in [3.63, 3.8) is 0 Å². The van der Waals surface area contributed by atoms with E-state index in [1.165, 1.54) is 6.42 Å². The molecule has 3 nitrogen and oxygen atoms in total. The zero-order valence-electron chi connectivity index (χ0n) is 19.7. The number of amidine groups is 1. The van der Waals surface area contributed by atoms with Crippen LogP contribution in [-0.4, -0.2) is 47.4 Å². The maximum atomic E-state index is 4.58. The Hall–Kier alpha value is -0.740. The molecule has 1 heterocycles. The summed E-state index contributed by atoms with van der Waals surface area (Å²) >= 11 is 2.08. The van der Waals surface area contributed by atoms with Crippen LogP contribution in [0.5, 0.6) is 0 Å². The third-order valence-corrected chi connectivity index (χ3v) is 4.94. The first kappa shape index (κ1) is 30.0. The largest absolute Gasteiger partial charge is 0.352 e. The molecule has 0 aromatic rings. The number of hydrogen-bond donors (Lipinski definition) is 1. The van der Waals surface area contributed by atoms with Gasteiger partial charge in [-0.2, -0.15) is 11.8 Å². The van der Waals surface area contributed by atoms with Crippen LogP contribution < -0.4 is 5.32 Å². The monoisotopic (exact) mass is 385 g/mol. The highest BCUT2D eigenvalue weighted by molar-refractivity contribution is 8.07. The molecule has 26 heavy (non-hydrogen) atoms. The molecular weight excluding hydrogens is 338 g/mol. The molecule has 1 N–H and O–H groups in total. The standard InChI is InChI=1S/C16H28N2S.C2H7N.2C2H6/c1-8-10-17-15(12(3)4)18(9-2)16(6,7)11-14-13(5)19-14;1-3-2;2*1-2/h8,10,13-14H,3,9,11H2,1-2,4-7H3;3H,1-2H3;2*1-2H3/b10-8-,17-15?;;;/t13-,14?;;;/m0.../s1. The van der Waals surface area contributed by atoms with E-state index in [9.17, 15) is 0 Å². The minimum atomic E-state index is 0.122. The Labute approximate surface area is 169 Å². The van der Waals surface area contributed by atoms with Crippen molar-refractivity contribution >= 4 is 17.6 Å². The second kappa shape index (κ2) is 17.7. The number of likely N-dealkylation sites (N-methyl/N-ethyl adjacent to an activating group) is 1. The first-order valence-corrected chi connectivity index (χ1v) is 11.1. The van der Waals surface area contributed by atoms with E-state index >= 15 is 0 Å². The predicted molar refractivity (Wildman–Crippen MR) is 127 cm³/mol. The van der Waals surface area contributed by atoms with Crippen LogP contribution >= 0.6 is 11.8 Å². The molecule has 0 aromatic carbocycles. The third kappa shape index (κ3) is 12.6. The molecule has 0 bridgehead atoms. The molecule has 2 atom stereocenters. The third-order valence-electron chi connectivity index (χ3n) is 3.57. The maximum Gasteiger partial charge on any atom is 0.131 e. The molecule has 1 unspecified atom stereocenters. The zero-order chi connectivity index (χ0) is 21.3. The molecule has 1 aliphatic rings. The van der Waals surface area contributed by atoms with Crippen LogP contribution in [0.15, 0.2) is 29.4 Å². The van der Waals surface area contributed by atoms with Crippen molar-refractivity contribution < 1.29 is 0 Å². The van der Waals surface area contributed by atoms with Gasteiger partial charge in [0, 0.05) is 28.8 Å². The lowest BCUT2D eigenvalue weighted by Gasteiger charge is -2.40. The van der Waals surface area contributed by atoms with E-state index in [0.717, 1.165) is 28.5 Å². The molecule has 1 aliphatic heterocycles. The average Bonchev–Trinajstić information content (AvgIpc) is 3.29. The maximum absolute atomic E-state index is 4.58. The number of allylic oxidation sites excluding steroid dienone is 1. The van der Waals surface area contributed by atoms with Gasteiger partial charge in [0.25, 0.3) is 0 Å². The van der Waals surface area contributed by atoms with Crippen LogP contribution in [0.3, 0.4) is 0 Å².